The number of amides is 1. The van der Waals surface area contributed by atoms with Crippen LogP contribution in [0.3, 0.4) is 0 Å². The summed E-state index contributed by atoms with van der Waals surface area (Å²) in [7, 11) is 0. The van der Waals surface area contributed by atoms with Crippen molar-refractivity contribution < 1.29 is 13.9 Å². The maximum Gasteiger partial charge on any atom is 0.298 e. The number of fused-ring (bicyclic) bond motifs is 1. The zero-order valence-electron chi connectivity index (χ0n) is 16.0. The van der Waals surface area contributed by atoms with Gasteiger partial charge in [-0.2, -0.15) is 4.98 Å². The Morgan fingerprint density at radius 1 is 1.34 bits per heavy atom. The number of hydrogen-bond donors (Lipinski definition) is 1. The van der Waals surface area contributed by atoms with Crippen molar-refractivity contribution in [1.82, 2.24) is 15.3 Å². The lowest BCUT2D eigenvalue weighted by atomic mass is 9.60. The topological polar surface area (TPSA) is 80.5 Å². The summed E-state index contributed by atoms with van der Waals surface area (Å²) in [6.45, 7) is 4.19. The van der Waals surface area contributed by atoms with Crippen LogP contribution in [0.25, 0.3) is 11.1 Å². The number of ether oxygens (including phenoxy) is 1. The van der Waals surface area contributed by atoms with Crippen molar-refractivity contribution in [2.24, 2.45) is 5.41 Å². The molecule has 1 saturated heterocycles. The van der Waals surface area contributed by atoms with E-state index >= 15 is 0 Å². The molecule has 29 heavy (non-hydrogen) atoms. The number of nitrogens with zero attached hydrogens (tertiary/aromatic N) is 3. The molecule has 0 radical (unpaired) electrons. The number of rotatable bonds is 5. The zero-order chi connectivity index (χ0) is 20.0. The van der Waals surface area contributed by atoms with Crippen LogP contribution in [0.2, 0.25) is 5.02 Å². The van der Waals surface area contributed by atoms with Crippen molar-refractivity contribution in [2.75, 3.05) is 24.6 Å². The Morgan fingerprint density at radius 3 is 2.97 bits per heavy atom. The van der Waals surface area contributed by atoms with E-state index < -0.39 is 0 Å². The van der Waals surface area contributed by atoms with E-state index in [9.17, 15) is 4.79 Å². The van der Waals surface area contributed by atoms with Crippen molar-refractivity contribution in [3.05, 3.63) is 47.1 Å². The summed E-state index contributed by atoms with van der Waals surface area (Å²) >= 11 is 6.02. The van der Waals surface area contributed by atoms with E-state index in [-0.39, 0.29) is 17.4 Å². The van der Waals surface area contributed by atoms with E-state index in [1.54, 1.807) is 24.4 Å². The molecule has 0 unspecified atom stereocenters. The minimum absolute atomic E-state index is 0.0831. The molecule has 1 spiro atoms. The Morgan fingerprint density at radius 2 is 2.17 bits per heavy atom. The molecular weight excluding hydrogens is 392 g/mol. The van der Waals surface area contributed by atoms with Gasteiger partial charge in [0.15, 0.2) is 5.58 Å². The molecule has 2 fully saturated rings. The molecule has 3 aromatic rings. The van der Waals surface area contributed by atoms with E-state index in [2.05, 4.69) is 20.2 Å². The first-order valence-corrected chi connectivity index (χ1v) is 10.1. The second kappa shape index (κ2) is 6.91. The monoisotopic (exact) mass is 412 g/mol. The summed E-state index contributed by atoms with van der Waals surface area (Å²) in [5.74, 6) is 0.389. The summed E-state index contributed by atoms with van der Waals surface area (Å²) in [5, 5.41) is 3.76. The maximum absolute atomic E-state index is 12.5. The lowest BCUT2D eigenvalue weighted by molar-refractivity contribution is 0.0414. The van der Waals surface area contributed by atoms with Crippen LogP contribution in [0.15, 0.2) is 40.9 Å². The highest BCUT2D eigenvalue weighted by molar-refractivity contribution is 6.31. The number of oxazole rings is 1. The van der Waals surface area contributed by atoms with Gasteiger partial charge in [0.05, 0.1) is 6.61 Å². The lowest BCUT2D eigenvalue weighted by Gasteiger charge is -2.58. The Labute approximate surface area is 173 Å². The largest absolute Gasteiger partial charge is 0.478 e. The molecule has 5 rings (SSSR count). The second-order valence-electron chi connectivity index (χ2n) is 7.86. The zero-order valence-corrected chi connectivity index (χ0v) is 16.8. The molecule has 1 aliphatic carbocycles. The van der Waals surface area contributed by atoms with Crippen LogP contribution >= 0.6 is 11.6 Å². The smallest absolute Gasteiger partial charge is 0.298 e. The third-order valence-electron chi connectivity index (χ3n) is 5.64. The van der Waals surface area contributed by atoms with E-state index in [1.165, 1.54) is 0 Å². The van der Waals surface area contributed by atoms with Gasteiger partial charge in [-0.05, 0) is 44.0 Å². The third kappa shape index (κ3) is 3.40. The molecule has 1 aliphatic heterocycles. The Kier molecular flexibility index (Phi) is 4.35. The number of carbonyl (C=O) groups excluding carboxylic acids is 1. The molecule has 2 aromatic heterocycles. The molecule has 0 bridgehead atoms. The van der Waals surface area contributed by atoms with Crippen molar-refractivity contribution >= 4 is 34.6 Å². The van der Waals surface area contributed by atoms with Crippen LogP contribution in [-0.4, -0.2) is 41.6 Å². The highest BCUT2D eigenvalue weighted by Gasteiger charge is 2.53. The van der Waals surface area contributed by atoms with Gasteiger partial charge >= 0.3 is 0 Å². The van der Waals surface area contributed by atoms with E-state index in [0.717, 1.165) is 37.0 Å². The van der Waals surface area contributed by atoms with Gasteiger partial charge < -0.3 is 19.4 Å². The quantitative estimate of drug-likeness (QED) is 0.688. The highest BCUT2D eigenvalue weighted by atomic mass is 35.5. The summed E-state index contributed by atoms with van der Waals surface area (Å²) < 4.78 is 11.2. The summed E-state index contributed by atoms with van der Waals surface area (Å²) in [5.41, 5.74) is 2.33. The van der Waals surface area contributed by atoms with Gasteiger partial charge in [-0.15, -0.1) is 0 Å². The van der Waals surface area contributed by atoms with Crippen LogP contribution in [0.1, 0.15) is 30.1 Å². The lowest BCUT2D eigenvalue weighted by Crippen LogP contribution is -2.66. The van der Waals surface area contributed by atoms with Gasteiger partial charge in [0.25, 0.3) is 11.9 Å². The van der Waals surface area contributed by atoms with Gasteiger partial charge in [0, 0.05) is 47.4 Å². The minimum Gasteiger partial charge on any atom is -0.478 e. The molecule has 8 heteroatoms. The molecule has 7 nitrogen and oxygen atoms in total. The number of aromatic nitrogens is 2. The number of hydrogen-bond acceptors (Lipinski definition) is 6. The first-order valence-electron chi connectivity index (χ1n) is 9.74. The molecule has 1 aromatic carbocycles. The summed E-state index contributed by atoms with van der Waals surface area (Å²) in [6.07, 6.45) is 3.52. The normalized spacial score (nSPS) is 17.8. The average Bonchev–Trinajstić information content (AvgIpc) is 3.05. The van der Waals surface area contributed by atoms with Crippen LogP contribution in [0.4, 0.5) is 6.01 Å². The maximum atomic E-state index is 12.5. The fourth-order valence-corrected chi connectivity index (χ4v) is 4.48. The molecule has 1 amide bonds. The van der Waals surface area contributed by atoms with Crippen LogP contribution < -0.4 is 15.0 Å². The third-order valence-corrected chi connectivity index (χ3v) is 5.88. The number of benzene rings is 1. The molecular formula is C21H21ClN4O3. The van der Waals surface area contributed by atoms with Gasteiger partial charge in [-0.3, -0.25) is 4.79 Å². The first kappa shape index (κ1) is 18.2. The summed E-state index contributed by atoms with van der Waals surface area (Å²) in [6, 6.07) is 9.67. The van der Waals surface area contributed by atoms with Crippen molar-refractivity contribution in [1.29, 1.82) is 0 Å². The van der Waals surface area contributed by atoms with Gasteiger partial charge in [0.1, 0.15) is 5.52 Å². The minimum atomic E-state index is -0.0831. The highest BCUT2D eigenvalue weighted by Crippen LogP contribution is 2.49. The standard InChI is InChI=1S/C21H21ClN4O3/c1-2-28-18-7-13(5-6-23-18)19(27)24-15-9-21(10-15)11-26(12-21)20-25-16-8-14(22)3-4-17(16)29-20/h3-8,15H,2,9-12H2,1H3,(H,24,27). The van der Waals surface area contributed by atoms with Crippen molar-refractivity contribution in [3.63, 3.8) is 0 Å². The van der Waals surface area contributed by atoms with Crippen LogP contribution in [0.5, 0.6) is 5.88 Å². The van der Waals surface area contributed by atoms with Crippen LogP contribution in [-0.2, 0) is 0 Å². The van der Waals surface area contributed by atoms with Gasteiger partial charge in [-0.25, -0.2) is 4.98 Å². The molecule has 0 atom stereocenters. The number of nitrogens with one attached hydrogen (secondary N) is 1. The molecule has 1 N–H and O–H groups in total. The van der Waals surface area contributed by atoms with E-state index in [1.807, 2.05) is 19.1 Å². The molecule has 150 valence electrons. The van der Waals surface area contributed by atoms with Gasteiger partial charge in [-0.1, -0.05) is 11.6 Å². The fraction of sp³-hybridized carbons (Fsp3) is 0.381. The predicted molar refractivity (Wildman–Crippen MR) is 110 cm³/mol. The van der Waals surface area contributed by atoms with E-state index in [4.69, 9.17) is 20.8 Å². The number of halogens is 1. The van der Waals surface area contributed by atoms with Crippen LogP contribution in [0, 0.1) is 5.41 Å². The average molecular weight is 413 g/mol. The SMILES string of the molecule is CCOc1cc(C(=O)NC2CC3(C2)CN(c2nc4cc(Cl)ccc4o2)C3)ccn1. The Balaban J connectivity index is 1.15. The Bertz CT molecular complexity index is 1070. The van der Waals surface area contributed by atoms with Crippen molar-refractivity contribution in [3.8, 4) is 5.88 Å². The number of carbonyl (C=O) groups is 1. The van der Waals surface area contributed by atoms with E-state index in [0.29, 0.717) is 29.1 Å². The van der Waals surface area contributed by atoms with Gasteiger partial charge in [0.2, 0.25) is 5.88 Å². The molecule has 1 saturated carbocycles. The predicted octanol–water partition coefficient (Wildman–Crippen LogP) is 3.67. The Hall–Kier alpha value is -2.80. The summed E-state index contributed by atoms with van der Waals surface area (Å²) in [4.78, 5) is 23.3. The molecule has 2 aliphatic rings. The number of anilines is 1. The number of pyridine rings is 1. The van der Waals surface area contributed by atoms with Crippen molar-refractivity contribution in [2.45, 2.75) is 25.8 Å². The molecule has 3 heterocycles. The fourth-order valence-electron chi connectivity index (χ4n) is 4.31. The first-order chi connectivity index (χ1) is 14.0. The second-order valence-corrected chi connectivity index (χ2v) is 8.30.